The Kier molecular flexibility index (Phi) is 6.33. The Balaban J connectivity index is 1.45. The number of aliphatic hydroxyl groups excluding tert-OH is 1. The SMILES string of the molecule is COc1cc(C(=O)N2CC(C)OC[C@]23C[C@H](O)C3)cc2nc(NC(CF)c3cccc(Cl)c3)oc12. The first kappa shape index (κ1) is 23.8. The zero-order valence-electron chi connectivity index (χ0n) is 19.5. The molecule has 2 heterocycles. The van der Waals surface area contributed by atoms with Gasteiger partial charge in [0.1, 0.15) is 12.2 Å². The maximum atomic E-state index is 13.8. The third-order valence-corrected chi connectivity index (χ3v) is 6.99. The Morgan fingerprint density at radius 1 is 1.40 bits per heavy atom. The molecule has 0 bridgehead atoms. The van der Waals surface area contributed by atoms with E-state index in [4.69, 9.17) is 25.5 Å². The van der Waals surface area contributed by atoms with Crippen LogP contribution in [0.1, 0.15) is 41.7 Å². The molecule has 1 aromatic heterocycles. The zero-order valence-corrected chi connectivity index (χ0v) is 20.2. The number of hydrogen-bond acceptors (Lipinski definition) is 7. The van der Waals surface area contributed by atoms with Crippen molar-refractivity contribution in [3.8, 4) is 5.75 Å². The predicted octanol–water partition coefficient (Wildman–Crippen LogP) is 4.37. The van der Waals surface area contributed by atoms with Crippen LogP contribution in [0.15, 0.2) is 40.8 Å². The number of nitrogens with zero attached hydrogens (tertiary/aromatic N) is 2. The Labute approximate surface area is 207 Å². The van der Waals surface area contributed by atoms with Gasteiger partial charge in [-0.1, -0.05) is 23.7 Å². The lowest BCUT2D eigenvalue weighted by Gasteiger charge is -2.55. The summed E-state index contributed by atoms with van der Waals surface area (Å²) in [4.78, 5) is 19.9. The topological polar surface area (TPSA) is 97.1 Å². The minimum atomic E-state index is -0.714. The van der Waals surface area contributed by atoms with Crippen LogP contribution >= 0.6 is 11.6 Å². The average molecular weight is 504 g/mol. The number of ether oxygens (including phenoxy) is 2. The molecule has 2 atom stereocenters. The Morgan fingerprint density at radius 3 is 2.89 bits per heavy atom. The predicted molar refractivity (Wildman–Crippen MR) is 129 cm³/mol. The highest BCUT2D eigenvalue weighted by atomic mass is 35.5. The van der Waals surface area contributed by atoms with E-state index in [2.05, 4.69) is 10.3 Å². The second-order valence-corrected chi connectivity index (χ2v) is 9.71. The van der Waals surface area contributed by atoms with Gasteiger partial charge < -0.3 is 29.2 Å². The third-order valence-electron chi connectivity index (χ3n) is 6.75. The highest BCUT2D eigenvalue weighted by molar-refractivity contribution is 6.30. The van der Waals surface area contributed by atoms with Crippen molar-refractivity contribution < 1.29 is 28.2 Å². The molecule has 1 aliphatic heterocycles. The highest BCUT2D eigenvalue weighted by Gasteiger charge is 2.53. The number of carbonyl (C=O) groups is 1. The van der Waals surface area contributed by atoms with E-state index in [0.29, 0.717) is 59.0 Å². The van der Waals surface area contributed by atoms with Crippen molar-refractivity contribution in [3.63, 3.8) is 0 Å². The summed E-state index contributed by atoms with van der Waals surface area (Å²) in [7, 11) is 1.48. The summed E-state index contributed by atoms with van der Waals surface area (Å²) in [5, 5.41) is 13.4. The highest BCUT2D eigenvalue weighted by Crippen LogP contribution is 2.42. The van der Waals surface area contributed by atoms with Crippen molar-refractivity contribution in [3.05, 3.63) is 52.5 Å². The molecule has 1 aliphatic carbocycles. The lowest BCUT2D eigenvalue weighted by atomic mass is 9.72. The summed E-state index contributed by atoms with van der Waals surface area (Å²) in [5.74, 6) is 0.153. The van der Waals surface area contributed by atoms with E-state index in [9.17, 15) is 14.3 Å². The average Bonchev–Trinajstić information content (AvgIpc) is 3.24. The second kappa shape index (κ2) is 9.29. The van der Waals surface area contributed by atoms with Gasteiger partial charge in [0.05, 0.1) is 37.5 Å². The van der Waals surface area contributed by atoms with E-state index >= 15 is 0 Å². The van der Waals surface area contributed by atoms with Gasteiger partial charge in [0.2, 0.25) is 0 Å². The fourth-order valence-corrected chi connectivity index (χ4v) is 5.11. The second-order valence-electron chi connectivity index (χ2n) is 9.28. The Bertz CT molecular complexity index is 1250. The summed E-state index contributed by atoms with van der Waals surface area (Å²) < 4.78 is 31.0. The molecule has 8 nitrogen and oxygen atoms in total. The summed E-state index contributed by atoms with van der Waals surface area (Å²) in [5.41, 5.74) is 1.29. The number of hydrogen-bond donors (Lipinski definition) is 2. The molecule has 2 fully saturated rings. The molecule has 2 aromatic carbocycles. The van der Waals surface area contributed by atoms with Crippen molar-refractivity contribution in [2.24, 2.45) is 0 Å². The van der Waals surface area contributed by atoms with Crippen molar-refractivity contribution >= 4 is 34.6 Å². The lowest BCUT2D eigenvalue weighted by molar-refractivity contribution is -0.154. The first-order chi connectivity index (χ1) is 16.8. The van der Waals surface area contributed by atoms with E-state index in [1.807, 2.05) is 6.92 Å². The fraction of sp³-hybridized carbons (Fsp3) is 0.440. The van der Waals surface area contributed by atoms with Crippen LogP contribution < -0.4 is 10.1 Å². The number of anilines is 1. The van der Waals surface area contributed by atoms with Gasteiger partial charge in [-0.2, -0.15) is 4.98 Å². The molecule has 1 saturated carbocycles. The molecule has 2 aliphatic rings. The number of rotatable bonds is 6. The molecule has 2 unspecified atom stereocenters. The minimum absolute atomic E-state index is 0.101. The molecule has 1 spiro atoms. The van der Waals surface area contributed by atoms with Crippen molar-refractivity contribution in [2.45, 2.75) is 43.6 Å². The quantitative estimate of drug-likeness (QED) is 0.515. The number of nitrogens with one attached hydrogen (secondary N) is 1. The Hall–Kier alpha value is -2.88. The molecule has 1 saturated heterocycles. The van der Waals surface area contributed by atoms with Gasteiger partial charge in [-0.15, -0.1) is 0 Å². The maximum Gasteiger partial charge on any atom is 0.296 e. The van der Waals surface area contributed by atoms with Gasteiger partial charge in [0, 0.05) is 17.1 Å². The first-order valence-electron chi connectivity index (χ1n) is 11.5. The normalized spacial score (nSPS) is 24.9. The number of benzene rings is 2. The van der Waals surface area contributed by atoms with Gasteiger partial charge >= 0.3 is 0 Å². The molecule has 1 amide bonds. The number of methoxy groups -OCH3 is 1. The number of aliphatic hydroxyl groups is 1. The molecule has 3 aromatic rings. The zero-order chi connectivity index (χ0) is 24.7. The van der Waals surface area contributed by atoms with Gasteiger partial charge in [-0.25, -0.2) is 4.39 Å². The molecule has 186 valence electrons. The van der Waals surface area contributed by atoms with Crippen molar-refractivity contribution in [2.75, 3.05) is 32.3 Å². The lowest BCUT2D eigenvalue weighted by Crippen LogP contribution is -2.68. The third kappa shape index (κ3) is 4.44. The van der Waals surface area contributed by atoms with Crippen LogP contribution in [0.25, 0.3) is 11.1 Å². The number of amides is 1. The van der Waals surface area contributed by atoms with E-state index in [1.54, 1.807) is 41.3 Å². The summed E-state index contributed by atoms with van der Waals surface area (Å²) in [6.45, 7) is 2.03. The van der Waals surface area contributed by atoms with Crippen LogP contribution in [0.5, 0.6) is 5.75 Å². The smallest absolute Gasteiger partial charge is 0.296 e. The summed E-state index contributed by atoms with van der Waals surface area (Å²) in [6.07, 6.45) is 0.417. The van der Waals surface area contributed by atoms with Gasteiger partial charge in [-0.05, 0) is 49.6 Å². The van der Waals surface area contributed by atoms with Gasteiger partial charge in [0.25, 0.3) is 11.9 Å². The first-order valence-corrected chi connectivity index (χ1v) is 11.9. The number of carbonyl (C=O) groups excluding carboxylic acids is 1. The number of morpholine rings is 1. The fourth-order valence-electron chi connectivity index (χ4n) is 4.91. The van der Waals surface area contributed by atoms with Crippen LogP contribution in [0.3, 0.4) is 0 Å². The van der Waals surface area contributed by atoms with Crippen LogP contribution in [-0.4, -0.2) is 65.6 Å². The van der Waals surface area contributed by atoms with Crippen LogP contribution in [0, 0.1) is 0 Å². The van der Waals surface area contributed by atoms with E-state index in [1.165, 1.54) is 7.11 Å². The molecular weight excluding hydrogens is 477 g/mol. The van der Waals surface area contributed by atoms with Crippen molar-refractivity contribution in [1.29, 1.82) is 0 Å². The van der Waals surface area contributed by atoms with E-state index in [-0.39, 0.29) is 18.0 Å². The van der Waals surface area contributed by atoms with Crippen LogP contribution in [0.4, 0.5) is 10.4 Å². The molecule has 10 heteroatoms. The molecule has 0 radical (unpaired) electrons. The van der Waals surface area contributed by atoms with E-state index < -0.39 is 24.4 Å². The van der Waals surface area contributed by atoms with E-state index in [0.717, 1.165) is 0 Å². The van der Waals surface area contributed by atoms with Crippen LogP contribution in [-0.2, 0) is 4.74 Å². The summed E-state index contributed by atoms with van der Waals surface area (Å²) in [6, 6.07) is 9.54. The van der Waals surface area contributed by atoms with Crippen LogP contribution in [0.2, 0.25) is 5.02 Å². The monoisotopic (exact) mass is 503 g/mol. The molecule has 2 N–H and O–H groups in total. The number of aromatic nitrogens is 1. The largest absolute Gasteiger partial charge is 0.493 e. The molecule has 5 rings (SSSR count). The van der Waals surface area contributed by atoms with Gasteiger partial charge in [0.15, 0.2) is 11.3 Å². The molecule has 35 heavy (non-hydrogen) atoms. The minimum Gasteiger partial charge on any atom is -0.493 e. The van der Waals surface area contributed by atoms with Crippen molar-refractivity contribution in [1.82, 2.24) is 9.88 Å². The number of alkyl halides is 1. The Morgan fingerprint density at radius 2 is 2.20 bits per heavy atom. The van der Waals surface area contributed by atoms with Gasteiger partial charge in [-0.3, -0.25) is 4.79 Å². The molecular formula is C25H27ClFN3O5. The standard InChI is InChI=1S/C25H27ClFN3O5/c1-14-12-30(25(13-34-14)9-18(31)10-25)23(32)16-7-19-22(21(8-16)33-2)35-24(28-19)29-20(11-27)15-4-3-5-17(26)6-15/h3-8,14,18,20,31H,9-13H2,1-2H3,(H,28,29)/t14?,18-,20?,25+. The number of fused-ring (bicyclic) bond motifs is 1. The maximum absolute atomic E-state index is 13.8. The number of halogens is 2. The summed E-state index contributed by atoms with van der Waals surface area (Å²) >= 11 is 6.05. The number of oxazole rings is 1.